The average Bonchev–Trinajstić information content (AvgIpc) is 2.90. The van der Waals surface area contributed by atoms with Gasteiger partial charge in [-0.15, -0.1) is 0 Å². The van der Waals surface area contributed by atoms with Crippen molar-refractivity contribution in [2.75, 3.05) is 31.6 Å². The van der Waals surface area contributed by atoms with E-state index in [1.807, 2.05) is 23.2 Å². The second-order valence-electron chi connectivity index (χ2n) is 6.95. The third-order valence-corrected chi connectivity index (χ3v) is 6.32. The van der Waals surface area contributed by atoms with Crippen molar-refractivity contribution in [2.45, 2.75) is 43.9 Å². The first-order chi connectivity index (χ1) is 11.6. The molecule has 0 spiro atoms. The number of carbonyl (C=O) groups excluding carboxylic acids is 1. The van der Waals surface area contributed by atoms with E-state index in [1.165, 1.54) is 0 Å². The molecule has 2 aliphatic rings. The number of hydrogen-bond acceptors (Lipinski definition) is 5. The van der Waals surface area contributed by atoms with Gasteiger partial charge in [0.2, 0.25) is 0 Å². The Balaban J connectivity index is 1.55. The number of nitrogens with zero attached hydrogens (tertiary/aromatic N) is 3. The second kappa shape index (κ2) is 7.85. The third-order valence-electron chi connectivity index (χ3n) is 5.14. The number of pyridine rings is 1. The Morgan fingerprint density at radius 1 is 1.46 bits per heavy atom. The lowest BCUT2D eigenvalue weighted by Crippen LogP contribution is -2.49. The van der Waals surface area contributed by atoms with E-state index in [1.54, 1.807) is 11.8 Å². The largest absolute Gasteiger partial charge is 0.379 e. The van der Waals surface area contributed by atoms with Crippen LogP contribution in [0.25, 0.3) is 0 Å². The monoisotopic (exact) mass is 349 g/mol. The number of likely N-dealkylation sites (tertiary alicyclic amines) is 1. The highest BCUT2D eigenvalue weighted by molar-refractivity contribution is 7.99. The Morgan fingerprint density at radius 3 is 3.04 bits per heavy atom. The Hall–Kier alpha value is -1.11. The molecule has 2 aliphatic heterocycles. The number of carbonyl (C=O) groups is 1. The Bertz CT molecular complexity index is 548. The minimum absolute atomic E-state index is 0.0551. The molecule has 3 rings (SSSR count). The standard InChI is InChI=1S/C18H27N3O2S/c1-20(13-15-5-2-3-9-19-15)16-6-4-10-21(11-7-16)17(22)18(23)8-12-24-14-18/h2-3,5,9,16,23H,4,6-8,10-14H2,1H3/t16-,18+/m1/s1. The summed E-state index contributed by atoms with van der Waals surface area (Å²) in [6, 6.07) is 6.46. The SMILES string of the molecule is CN(Cc1ccccn1)[C@@H]1CCCN(C(=O)[C@]2(O)CCSC2)CC1. The smallest absolute Gasteiger partial charge is 0.255 e. The van der Waals surface area contributed by atoms with Crippen molar-refractivity contribution >= 4 is 17.7 Å². The quantitative estimate of drug-likeness (QED) is 0.898. The van der Waals surface area contributed by atoms with Crippen molar-refractivity contribution in [3.05, 3.63) is 30.1 Å². The van der Waals surface area contributed by atoms with Crippen LogP contribution in [0.15, 0.2) is 24.4 Å². The molecule has 0 bridgehead atoms. The van der Waals surface area contributed by atoms with Crippen LogP contribution in [0.1, 0.15) is 31.4 Å². The van der Waals surface area contributed by atoms with Crippen LogP contribution in [-0.2, 0) is 11.3 Å². The second-order valence-corrected chi connectivity index (χ2v) is 8.05. The minimum Gasteiger partial charge on any atom is -0.379 e. The van der Waals surface area contributed by atoms with Crippen molar-refractivity contribution in [1.29, 1.82) is 0 Å². The van der Waals surface area contributed by atoms with E-state index in [2.05, 4.69) is 23.0 Å². The molecule has 1 aromatic rings. The third kappa shape index (κ3) is 4.10. The highest BCUT2D eigenvalue weighted by Gasteiger charge is 2.42. The maximum absolute atomic E-state index is 12.7. The fourth-order valence-corrected chi connectivity index (χ4v) is 4.85. The van der Waals surface area contributed by atoms with Crippen LogP contribution in [0.4, 0.5) is 0 Å². The van der Waals surface area contributed by atoms with E-state index in [9.17, 15) is 9.90 Å². The first-order valence-corrected chi connectivity index (χ1v) is 9.94. The molecule has 0 saturated carbocycles. The molecule has 0 aliphatic carbocycles. The van der Waals surface area contributed by atoms with Gasteiger partial charge >= 0.3 is 0 Å². The fraction of sp³-hybridized carbons (Fsp3) is 0.667. The van der Waals surface area contributed by atoms with Gasteiger partial charge in [0.05, 0.1) is 5.69 Å². The van der Waals surface area contributed by atoms with Gasteiger partial charge in [-0.2, -0.15) is 11.8 Å². The summed E-state index contributed by atoms with van der Waals surface area (Å²) in [7, 11) is 2.14. The zero-order valence-corrected chi connectivity index (χ0v) is 15.2. The topological polar surface area (TPSA) is 56.7 Å². The van der Waals surface area contributed by atoms with Gasteiger partial charge in [-0.3, -0.25) is 14.7 Å². The van der Waals surface area contributed by atoms with Gasteiger partial charge in [-0.25, -0.2) is 0 Å². The summed E-state index contributed by atoms with van der Waals surface area (Å²) in [6.45, 7) is 2.34. The molecular weight excluding hydrogens is 322 g/mol. The number of hydrogen-bond donors (Lipinski definition) is 1. The fourth-order valence-electron chi connectivity index (χ4n) is 3.62. The maximum atomic E-state index is 12.7. The van der Waals surface area contributed by atoms with Gasteiger partial charge in [0.25, 0.3) is 5.91 Å². The Morgan fingerprint density at radius 2 is 2.33 bits per heavy atom. The van der Waals surface area contributed by atoms with Crippen LogP contribution in [0.5, 0.6) is 0 Å². The number of thioether (sulfide) groups is 1. The zero-order valence-electron chi connectivity index (χ0n) is 14.4. The first kappa shape index (κ1) is 17.7. The zero-order chi connectivity index (χ0) is 17.0. The van der Waals surface area contributed by atoms with Crippen LogP contribution in [0.3, 0.4) is 0 Å². The van der Waals surface area contributed by atoms with Gasteiger partial charge < -0.3 is 10.0 Å². The summed E-state index contributed by atoms with van der Waals surface area (Å²) in [4.78, 5) is 21.3. The Kier molecular flexibility index (Phi) is 5.79. The highest BCUT2D eigenvalue weighted by Crippen LogP contribution is 2.30. The van der Waals surface area contributed by atoms with E-state index in [0.29, 0.717) is 18.2 Å². The minimum atomic E-state index is -1.12. The van der Waals surface area contributed by atoms with Gasteiger partial charge in [0.1, 0.15) is 0 Å². The number of aliphatic hydroxyl groups is 1. The van der Waals surface area contributed by atoms with Gasteiger partial charge in [0, 0.05) is 37.6 Å². The van der Waals surface area contributed by atoms with Gasteiger partial charge in [-0.05, 0) is 50.6 Å². The average molecular weight is 350 g/mol. The molecule has 6 heteroatoms. The molecule has 3 heterocycles. The molecule has 2 atom stereocenters. The maximum Gasteiger partial charge on any atom is 0.255 e. The Labute approximate surface area is 148 Å². The van der Waals surface area contributed by atoms with E-state index >= 15 is 0 Å². The molecule has 5 nitrogen and oxygen atoms in total. The summed E-state index contributed by atoms with van der Waals surface area (Å²) in [5.41, 5.74) is -0.0425. The molecule has 24 heavy (non-hydrogen) atoms. The van der Waals surface area contributed by atoms with E-state index in [0.717, 1.165) is 50.3 Å². The summed E-state index contributed by atoms with van der Waals surface area (Å²) < 4.78 is 0. The van der Waals surface area contributed by atoms with Crippen LogP contribution in [0.2, 0.25) is 0 Å². The molecule has 1 aromatic heterocycles. The number of rotatable bonds is 4. The molecule has 1 amide bonds. The molecule has 0 unspecified atom stereocenters. The molecule has 2 saturated heterocycles. The summed E-state index contributed by atoms with van der Waals surface area (Å²) in [6.07, 6.45) is 5.46. The molecule has 2 fully saturated rings. The molecule has 0 aromatic carbocycles. The van der Waals surface area contributed by atoms with Crippen molar-refractivity contribution in [1.82, 2.24) is 14.8 Å². The molecule has 1 N–H and O–H groups in total. The lowest BCUT2D eigenvalue weighted by atomic mass is 10.0. The lowest BCUT2D eigenvalue weighted by molar-refractivity contribution is -0.148. The van der Waals surface area contributed by atoms with Crippen LogP contribution in [-0.4, -0.2) is 69.1 Å². The van der Waals surface area contributed by atoms with Crippen molar-refractivity contribution in [2.24, 2.45) is 0 Å². The lowest BCUT2D eigenvalue weighted by Gasteiger charge is -2.30. The molecular formula is C18H27N3O2S. The summed E-state index contributed by atoms with van der Waals surface area (Å²) in [5, 5.41) is 10.5. The summed E-state index contributed by atoms with van der Waals surface area (Å²) in [5.74, 6) is 1.37. The summed E-state index contributed by atoms with van der Waals surface area (Å²) >= 11 is 1.67. The van der Waals surface area contributed by atoms with E-state index < -0.39 is 5.60 Å². The predicted octanol–water partition coefficient (Wildman–Crippen LogP) is 1.76. The van der Waals surface area contributed by atoms with Gasteiger partial charge in [-0.1, -0.05) is 6.07 Å². The van der Waals surface area contributed by atoms with Crippen molar-refractivity contribution in [3.8, 4) is 0 Å². The number of aromatic nitrogens is 1. The number of amides is 1. The highest BCUT2D eigenvalue weighted by atomic mass is 32.2. The predicted molar refractivity (Wildman–Crippen MR) is 96.8 cm³/mol. The van der Waals surface area contributed by atoms with E-state index in [-0.39, 0.29) is 5.91 Å². The van der Waals surface area contributed by atoms with Crippen LogP contribution >= 0.6 is 11.8 Å². The van der Waals surface area contributed by atoms with Crippen LogP contribution < -0.4 is 0 Å². The normalized spacial score (nSPS) is 28.1. The first-order valence-electron chi connectivity index (χ1n) is 8.78. The van der Waals surface area contributed by atoms with Crippen molar-refractivity contribution in [3.63, 3.8) is 0 Å². The molecule has 0 radical (unpaired) electrons. The van der Waals surface area contributed by atoms with E-state index in [4.69, 9.17) is 0 Å². The molecule has 132 valence electrons. The van der Waals surface area contributed by atoms with Crippen LogP contribution in [0, 0.1) is 0 Å². The van der Waals surface area contributed by atoms with Gasteiger partial charge in [0.15, 0.2) is 5.60 Å². The van der Waals surface area contributed by atoms with Crippen molar-refractivity contribution < 1.29 is 9.90 Å².